The van der Waals surface area contributed by atoms with Gasteiger partial charge in [0.15, 0.2) is 5.13 Å². The molecular weight excluding hydrogens is 266 g/mol. The van der Waals surface area contributed by atoms with E-state index in [1.165, 1.54) is 5.56 Å². The first-order valence-corrected chi connectivity index (χ1v) is 6.98. The van der Waals surface area contributed by atoms with Crippen LogP contribution in [0.5, 0.6) is 0 Å². The fraction of sp³-hybridized carbons (Fsp3) is 0.308. The lowest BCUT2D eigenvalue weighted by atomic mass is 10.2. The van der Waals surface area contributed by atoms with Gasteiger partial charge in [0, 0.05) is 30.0 Å². The molecule has 1 heterocycles. The van der Waals surface area contributed by atoms with E-state index in [0.717, 1.165) is 22.4 Å². The van der Waals surface area contributed by atoms with Crippen molar-refractivity contribution < 1.29 is 0 Å². The quantitative estimate of drug-likeness (QED) is 0.933. The molecule has 3 nitrogen and oxygen atoms in total. The molecule has 1 aromatic heterocycles. The SMILES string of the molecule is CC(N)c1csc(N(C)Cc2cccc(Cl)c2)n1. The van der Waals surface area contributed by atoms with Gasteiger partial charge in [0.1, 0.15) is 0 Å². The summed E-state index contributed by atoms with van der Waals surface area (Å²) in [6, 6.07) is 7.85. The Morgan fingerprint density at radius 2 is 2.28 bits per heavy atom. The fourth-order valence-electron chi connectivity index (χ4n) is 1.64. The molecule has 5 heteroatoms. The highest BCUT2D eigenvalue weighted by Crippen LogP contribution is 2.24. The number of rotatable bonds is 4. The van der Waals surface area contributed by atoms with Gasteiger partial charge in [0.05, 0.1) is 5.69 Å². The van der Waals surface area contributed by atoms with Crippen LogP contribution in [0, 0.1) is 0 Å². The second-order valence-electron chi connectivity index (χ2n) is 4.33. The Bertz CT molecular complexity index is 524. The third-order valence-electron chi connectivity index (χ3n) is 2.61. The molecule has 0 saturated carbocycles. The van der Waals surface area contributed by atoms with Crippen molar-refractivity contribution in [3.05, 3.63) is 45.9 Å². The molecule has 2 rings (SSSR count). The molecule has 0 fully saturated rings. The lowest BCUT2D eigenvalue weighted by molar-refractivity contribution is 0.783. The molecule has 0 amide bonds. The summed E-state index contributed by atoms with van der Waals surface area (Å²) in [5, 5.41) is 3.74. The maximum Gasteiger partial charge on any atom is 0.185 e. The predicted octanol–water partition coefficient (Wildman–Crippen LogP) is 3.45. The zero-order chi connectivity index (χ0) is 13.1. The highest BCUT2D eigenvalue weighted by atomic mass is 35.5. The van der Waals surface area contributed by atoms with E-state index in [1.807, 2.05) is 37.6 Å². The first-order valence-electron chi connectivity index (χ1n) is 5.73. The molecule has 0 aliphatic rings. The molecule has 0 spiro atoms. The van der Waals surface area contributed by atoms with Crippen molar-refractivity contribution in [1.82, 2.24) is 4.98 Å². The molecule has 18 heavy (non-hydrogen) atoms. The van der Waals surface area contributed by atoms with E-state index in [1.54, 1.807) is 11.3 Å². The fourth-order valence-corrected chi connectivity index (χ4v) is 2.75. The van der Waals surface area contributed by atoms with Gasteiger partial charge in [0.2, 0.25) is 0 Å². The Morgan fingerprint density at radius 1 is 1.50 bits per heavy atom. The number of hydrogen-bond acceptors (Lipinski definition) is 4. The van der Waals surface area contributed by atoms with Crippen molar-refractivity contribution in [2.45, 2.75) is 19.5 Å². The minimum absolute atomic E-state index is 0.0189. The van der Waals surface area contributed by atoms with Crippen LogP contribution in [0.1, 0.15) is 24.2 Å². The summed E-state index contributed by atoms with van der Waals surface area (Å²) < 4.78 is 0. The number of thiazole rings is 1. The van der Waals surface area contributed by atoms with Crippen LogP contribution in [0.2, 0.25) is 5.02 Å². The maximum absolute atomic E-state index is 5.97. The van der Waals surface area contributed by atoms with Gasteiger partial charge in [-0.3, -0.25) is 0 Å². The van der Waals surface area contributed by atoms with E-state index in [0.29, 0.717) is 0 Å². The van der Waals surface area contributed by atoms with Gasteiger partial charge in [-0.15, -0.1) is 11.3 Å². The van der Waals surface area contributed by atoms with E-state index >= 15 is 0 Å². The van der Waals surface area contributed by atoms with Gasteiger partial charge in [-0.2, -0.15) is 0 Å². The lowest BCUT2D eigenvalue weighted by Gasteiger charge is -2.15. The third-order valence-corrected chi connectivity index (χ3v) is 3.82. The van der Waals surface area contributed by atoms with Crippen LogP contribution in [-0.4, -0.2) is 12.0 Å². The second-order valence-corrected chi connectivity index (χ2v) is 5.60. The Balaban J connectivity index is 2.09. The lowest BCUT2D eigenvalue weighted by Crippen LogP contribution is -2.16. The molecular formula is C13H16ClN3S. The van der Waals surface area contributed by atoms with Crippen LogP contribution in [0.4, 0.5) is 5.13 Å². The molecule has 1 aromatic carbocycles. The van der Waals surface area contributed by atoms with E-state index < -0.39 is 0 Å². The molecule has 1 atom stereocenters. The topological polar surface area (TPSA) is 42.1 Å². The average molecular weight is 282 g/mol. The van der Waals surface area contributed by atoms with Crippen LogP contribution in [0.25, 0.3) is 0 Å². The minimum atomic E-state index is -0.0189. The largest absolute Gasteiger partial charge is 0.347 e. The molecule has 0 saturated heterocycles. The summed E-state index contributed by atoms with van der Waals surface area (Å²) in [6.45, 7) is 2.72. The number of hydrogen-bond donors (Lipinski definition) is 1. The Hall–Kier alpha value is -1.10. The first kappa shape index (κ1) is 13.3. The van der Waals surface area contributed by atoms with Crippen LogP contribution in [-0.2, 0) is 6.54 Å². The van der Waals surface area contributed by atoms with Gasteiger partial charge < -0.3 is 10.6 Å². The van der Waals surface area contributed by atoms with E-state index in [2.05, 4.69) is 16.0 Å². The predicted molar refractivity (Wildman–Crippen MR) is 78.3 cm³/mol. The summed E-state index contributed by atoms with van der Waals surface area (Å²) in [6.07, 6.45) is 0. The van der Waals surface area contributed by atoms with Crippen LogP contribution >= 0.6 is 22.9 Å². The molecule has 0 aliphatic carbocycles. The van der Waals surface area contributed by atoms with Crippen molar-refractivity contribution in [1.29, 1.82) is 0 Å². The Labute approximate surface area is 116 Å². The summed E-state index contributed by atoms with van der Waals surface area (Å²) in [4.78, 5) is 6.61. The number of anilines is 1. The van der Waals surface area contributed by atoms with Gasteiger partial charge >= 0.3 is 0 Å². The summed E-state index contributed by atoms with van der Waals surface area (Å²) in [5.74, 6) is 0. The van der Waals surface area contributed by atoms with Gasteiger partial charge in [-0.05, 0) is 24.6 Å². The van der Waals surface area contributed by atoms with Crippen molar-refractivity contribution >= 4 is 28.1 Å². The van der Waals surface area contributed by atoms with Crippen molar-refractivity contribution in [3.63, 3.8) is 0 Å². The monoisotopic (exact) mass is 281 g/mol. The number of halogens is 1. The molecule has 96 valence electrons. The van der Waals surface area contributed by atoms with E-state index in [9.17, 15) is 0 Å². The third kappa shape index (κ3) is 3.22. The van der Waals surface area contributed by atoms with E-state index in [-0.39, 0.29) is 6.04 Å². The zero-order valence-corrected chi connectivity index (χ0v) is 12.0. The number of nitrogens with two attached hydrogens (primary N) is 1. The van der Waals surface area contributed by atoms with Crippen molar-refractivity contribution in [2.75, 3.05) is 11.9 Å². The van der Waals surface area contributed by atoms with Crippen molar-refractivity contribution in [2.24, 2.45) is 5.73 Å². The summed E-state index contributed by atoms with van der Waals surface area (Å²) >= 11 is 7.58. The highest BCUT2D eigenvalue weighted by Gasteiger charge is 2.10. The molecule has 0 radical (unpaired) electrons. The van der Waals surface area contributed by atoms with Crippen molar-refractivity contribution in [3.8, 4) is 0 Å². The molecule has 1 unspecified atom stereocenters. The maximum atomic E-state index is 5.97. The van der Waals surface area contributed by atoms with Crippen LogP contribution in [0.15, 0.2) is 29.6 Å². The number of nitrogens with zero attached hydrogens (tertiary/aromatic N) is 2. The Kier molecular flexibility index (Phi) is 4.22. The summed E-state index contributed by atoms with van der Waals surface area (Å²) in [7, 11) is 2.02. The normalized spacial score (nSPS) is 12.4. The average Bonchev–Trinajstić information content (AvgIpc) is 2.78. The second kappa shape index (κ2) is 5.69. The molecule has 2 N–H and O–H groups in total. The van der Waals surface area contributed by atoms with Crippen LogP contribution < -0.4 is 10.6 Å². The highest BCUT2D eigenvalue weighted by molar-refractivity contribution is 7.13. The summed E-state index contributed by atoms with van der Waals surface area (Å²) in [5.41, 5.74) is 7.91. The molecule has 2 aromatic rings. The number of benzene rings is 1. The molecule has 0 aliphatic heterocycles. The first-order chi connectivity index (χ1) is 8.56. The number of aromatic nitrogens is 1. The van der Waals surface area contributed by atoms with Gasteiger partial charge in [0.25, 0.3) is 0 Å². The van der Waals surface area contributed by atoms with E-state index in [4.69, 9.17) is 17.3 Å². The molecule has 0 bridgehead atoms. The van der Waals surface area contributed by atoms with Gasteiger partial charge in [-0.25, -0.2) is 4.98 Å². The van der Waals surface area contributed by atoms with Crippen LogP contribution in [0.3, 0.4) is 0 Å². The smallest absolute Gasteiger partial charge is 0.185 e. The minimum Gasteiger partial charge on any atom is -0.347 e. The van der Waals surface area contributed by atoms with Gasteiger partial charge in [-0.1, -0.05) is 23.7 Å². The zero-order valence-electron chi connectivity index (χ0n) is 10.4. The Morgan fingerprint density at radius 3 is 2.89 bits per heavy atom. The standard InChI is InChI=1S/C13H16ClN3S/c1-9(15)12-8-18-13(16-12)17(2)7-10-4-3-5-11(14)6-10/h3-6,8-9H,7,15H2,1-2H3.